The molecule has 0 saturated heterocycles. The maximum atomic E-state index is 5.18. The number of aryl methyl sites for hydroxylation is 1. The number of rotatable bonds is 7. The molecular weight excluding hydrogens is 234 g/mol. The van der Waals surface area contributed by atoms with Crippen molar-refractivity contribution in [2.45, 2.75) is 43.9 Å². The zero-order valence-electron chi connectivity index (χ0n) is 12.4. The van der Waals surface area contributed by atoms with Gasteiger partial charge in [-0.15, -0.1) is 0 Å². The number of ether oxygens (including phenoxy) is 1. The molecule has 1 aromatic rings. The smallest absolute Gasteiger partial charge is 0.0462 e. The van der Waals surface area contributed by atoms with E-state index in [4.69, 9.17) is 4.74 Å². The summed E-state index contributed by atoms with van der Waals surface area (Å²) in [4.78, 5) is 0. The lowest BCUT2D eigenvalue weighted by atomic mass is 9.67. The van der Waals surface area contributed by atoms with Gasteiger partial charge in [-0.2, -0.15) is 0 Å². The van der Waals surface area contributed by atoms with E-state index in [0.717, 1.165) is 13.2 Å². The first-order chi connectivity index (χ1) is 9.32. The molecule has 0 heterocycles. The van der Waals surface area contributed by atoms with Gasteiger partial charge in [0.2, 0.25) is 0 Å². The van der Waals surface area contributed by atoms with Crippen molar-refractivity contribution in [2.75, 3.05) is 27.3 Å². The molecule has 2 heteroatoms. The summed E-state index contributed by atoms with van der Waals surface area (Å²) in [6.07, 6.45) is 7.59. The molecule has 2 nitrogen and oxygen atoms in total. The van der Waals surface area contributed by atoms with E-state index in [9.17, 15) is 0 Å². The Kier molecular flexibility index (Phi) is 5.41. The lowest BCUT2D eigenvalue weighted by molar-refractivity contribution is 0.186. The normalized spacial score (nSPS) is 22.2. The van der Waals surface area contributed by atoms with Crippen molar-refractivity contribution in [1.29, 1.82) is 0 Å². The second-order valence-corrected chi connectivity index (χ2v) is 5.77. The fourth-order valence-corrected chi connectivity index (χ4v) is 3.59. The van der Waals surface area contributed by atoms with E-state index in [0.29, 0.717) is 5.41 Å². The van der Waals surface area contributed by atoms with Crippen LogP contribution in [0.3, 0.4) is 0 Å². The average Bonchev–Trinajstić information content (AvgIpc) is 2.45. The van der Waals surface area contributed by atoms with Crippen molar-refractivity contribution in [3.8, 4) is 0 Å². The van der Waals surface area contributed by atoms with Crippen molar-refractivity contribution >= 4 is 0 Å². The van der Waals surface area contributed by atoms with E-state index in [1.165, 1.54) is 38.5 Å². The van der Waals surface area contributed by atoms with Crippen LogP contribution in [0.25, 0.3) is 0 Å². The molecule has 0 fully saturated rings. The van der Waals surface area contributed by atoms with Gasteiger partial charge in [0, 0.05) is 25.7 Å². The van der Waals surface area contributed by atoms with Gasteiger partial charge in [-0.1, -0.05) is 30.7 Å². The van der Waals surface area contributed by atoms with Crippen molar-refractivity contribution in [1.82, 2.24) is 5.32 Å². The van der Waals surface area contributed by atoms with Crippen LogP contribution in [0.4, 0.5) is 0 Å². The van der Waals surface area contributed by atoms with E-state index in [1.807, 2.05) is 0 Å². The first-order valence-electron chi connectivity index (χ1n) is 7.54. The number of fused-ring (bicyclic) bond motifs is 1. The van der Waals surface area contributed by atoms with E-state index in [1.54, 1.807) is 18.2 Å². The first kappa shape index (κ1) is 14.5. The van der Waals surface area contributed by atoms with Gasteiger partial charge in [-0.05, 0) is 50.3 Å². The Morgan fingerprint density at radius 1 is 1.26 bits per heavy atom. The topological polar surface area (TPSA) is 21.3 Å². The predicted molar refractivity (Wildman–Crippen MR) is 80.7 cm³/mol. The predicted octanol–water partition coefficient (Wildman–Crippen LogP) is 3.30. The minimum absolute atomic E-state index is 0.345. The van der Waals surface area contributed by atoms with Crippen molar-refractivity contribution < 1.29 is 4.74 Å². The fraction of sp³-hybridized carbons (Fsp3) is 0.647. The SMILES string of the molecule is CNCC1(CCCCOC)CCCc2ccccc21. The number of methoxy groups -OCH3 is 1. The lowest BCUT2D eigenvalue weighted by Gasteiger charge is -2.39. The maximum Gasteiger partial charge on any atom is 0.0462 e. The Labute approximate surface area is 117 Å². The third-order valence-electron chi connectivity index (χ3n) is 4.46. The number of likely N-dealkylation sites (N-methyl/N-ethyl adjacent to an activating group) is 1. The minimum atomic E-state index is 0.345. The highest BCUT2D eigenvalue weighted by atomic mass is 16.5. The molecule has 1 atom stereocenters. The van der Waals surface area contributed by atoms with Crippen LogP contribution in [-0.2, 0) is 16.6 Å². The highest BCUT2D eigenvalue weighted by Gasteiger charge is 2.34. The minimum Gasteiger partial charge on any atom is -0.385 e. The van der Waals surface area contributed by atoms with Gasteiger partial charge in [0.15, 0.2) is 0 Å². The molecule has 1 unspecified atom stereocenters. The maximum absolute atomic E-state index is 5.18. The Morgan fingerprint density at radius 3 is 2.89 bits per heavy atom. The van der Waals surface area contributed by atoms with E-state index >= 15 is 0 Å². The molecular formula is C17H27NO. The van der Waals surface area contributed by atoms with E-state index in [2.05, 4.69) is 36.6 Å². The van der Waals surface area contributed by atoms with Gasteiger partial charge in [-0.25, -0.2) is 0 Å². The van der Waals surface area contributed by atoms with Gasteiger partial charge in [0.05, 0.1) is 0 Å². The second kappa shape index (κ2) is 7.06. The molecule has 106 valence electrons. The molecule has 0 spiro atoms. The number of benzene rings is 1. The van der Waals surface area contributed by atoms with Crippen LogP contribution < -0.4 is 5.32 Å². The quantitative estimate of drug-likeness (QED) is 0.760. The van der Waals surface area contributed by atoms with Crippen LogP contribution in [-0.4, -0.2) is 27.3 Å². The molecule has 0 saturated carbocycles. The van der Waals surface area contributed by atoms with Gasteiger partial charge < -0.3 is 10.1 Å². The summed E-state index contributed by atoms with van der Waals surface area (Å²) >= 11 is 0. The Balaban J connectivity index is 2.15. The van der Waals surface area contributed by atoms with Gasteiger partial charge >= 0.3 is 0 Å². The molecule has 0 aliphatic heterocycles. The number of hydrogen-bond donors (Lipinski definition) is 1. The van der Waals surface area contributed by atoms with Crippen LogP contribution in [0.15, 0.2) is 24.3 Å². The van der Waals surface area contributed by atoms with Crippen molar-refractivity contribution in [2.24, 2.45) is 0 Å². The van der Waals surface area contributed by atoms with Crippen LogP contribution in [0.1, 0.15) is 43.2 Å². The molecule has 1 N–H and O–H groups in total. The summed E-state index contributed by atoms with van der Waals surface area (Å²) in [6, 6.07) is 9.04. The molecule has 1 aliphatic carbocycles. The van der Waals surface area contributed by atoms with Crippen LogP contribution in [0.5, 0.6) is 0 Å². The van der Waals surface area contributed by atoms with Gasteiger partial charge in [0.1, 0.15) is 0 Å². The number of hydrogen-bond acceptors (Lipinski definition) is 2. The third kappa shape index (κ3) is 3.37. The molecule has 1 aromatic carbocycles. The first-order valence-corrected chi connectivity index (χ1v) is 7.54. The lowest BCUT2D eigenvalue weighted by Crippen LogP contribution is -2.40. The average molecular weight is 261 g/mol. The second-order valence-electron chi connectivity index (χ2n) is 5.77. The molecule has 19 heavy (non-hydrogen) atoms. The molecule has 0 aromatic heterocycles. The zero-order valence-corrected chi connectivity index (χ0v) is 12.4. The van der Waals surface area contributed by atoms with E-state index in [-0.39, 0.29) is 0 Å². The highest BCUT2D eigenvalue weighted by molar-refractivity contribution is 5.37. The summed E-state index contributed by atoms with van der Waals surface area (Å²) < 4.78 is 5.18. The number of unbranched alkanes of at least 4 members (excludes halogenated alkanes) is 1. The molecule has 1 aliphatic rings. The van der Waals surface area contributed by atoms with Gasteiger partial charge in [-0.3, -0.25) is 0 Å². The molecule has 0 amide bonds. The molecule has 2 rings (SSSR count). The van der Waals surface area contributed by atoms with Crippen LogP contribution in [0, 0.1) is 0 Å². The van der Waals surface area contributed by atoms with Gasteiger partial charge in [0.25, 0.3) is 0 Å². The van der Waals surface area contributed by atoms with Crippen molar-refractivity contribution in [3.63, 3.8) is 0 Å². The summed E-state index contributed by atoms with van der Waals surface area (Å²) in [5.41, 5.74) is 3.50. The largest absolute Gasteiger partial charge is 0.385 e. The Hall–Kier alpha value is -0.860. The van der Waals surface area contributed by atoms with Crippen LogP contribution >= 0.6 is 0 Å². The zero-order chi connectivity index (χ0) is 13.6. The third-order valence-corrected chi connectivity index (χ3v) is 4.46. The van der Waals surface area contributed by atoms with Crippen LogP contribution in [0.2, 0.25) is 0 Å². The summed E-state index contributed by atoms with van der Waals surface area (Å²) in [6.45, 7) is 1.98. The highest BCUT2D eigenvalue weighted by Crippen LogP contribution is 2.40. The summed E-state index contributed by atoms with van der Waals surface area (Å²) in [5, 5.41) is 3.43. The Bertz CT molecular complexity index is 391. The number of nitrogens with one attached hydrogen (secondary N) is 1. The van der Waals surface area contributed by atoms with Crippen molar-refractivity contribution in [3.05, 3.63) is 35.4 Å². The molecule has 0 bridgehead atoms. The summed E-state index contributed by atoms with van der Waals surface area (Å²) in [7, 11) is 3.87. The molecule has 0 radical (unpaired) electrons. The monoisotopic (exact) mass is 261 g/mol. The fourth-order valence-electron chi connectivity index (χ4n) is 3.59. The van der Waals surface area contributed by atoms with E-state index < -0.39 is 0 Å². The summed E-state index contributed by atoms with van der Waals surface area (Å²) in [5.74, 6) is 0. The Morgan fingerprint density at radius 2 is 2.11 bits per heavy atom. The standard InChI is InChI=1S/C17H27NO/c1-18-14-17(11-5-6-13-19-2)12-7-9-15-8-3-4-10-16(15)17/h3-4,8,10,18H,5-7,9,11-14H2,1-2H3.